The normalized spacial score (nSPS) is 19.9. The van der Waals surface area contributed by atoms with E-state index in [-0.39, 0.29) is 0 Å². The fraction of sp³-hybridized carbons (Fsp3) is 0.385. The third kappa shape index (κ3) is 2.72. The summed E-state index contributed by atoms with van der Waals surface area (Å²) in [5.41, 5.74) is 2.05. The Hall–Kier alpha value is -0.940. The summed E-state index contributed by atoms with van der Waals surface area (Å²) in [4.78, 5) is 0. The van der Waals surface area contributed by atoms with E-state index >= 15 is 0 Å². The summed E-state index contributed by atoms with van der Waals surface area (Å²) in [6.07, 6.45) is 1.82. The van der Waals surface area contributed by atoms with Crippen LogP contribution in [0.4, 0.5) is 5.69 Å². The van der Waals surface area contributed by atoms with Gasteiger partial charge in [0.15, 0.2) is 0 Å². The van der Waals surface area contributed by atoms with Crippen LogP contribution >= 0.6 is 23.5 Å². The van der Waals surface area contributed by atoms with Crippen molar-refractivity contribution in [1.29, 1.82) is 0 Å². The first-order valence-corrected chi connectivity index (χ1v) is 8.27. The lowest BCUT2D eigenvalue weighted by molar-refractivity contribution is 0.996. The highest BCUT2D eigenvalue weighted by Crippen LogP contribution is 2.25. The summed E-state index contributed by atoms with van der Waals surface area (Å²) in [5, 5.41) is 13.6. The molecule has 2 aromatic rings. The lowest BCUT2D eigenvalue weighted by atomic mass is 10.2. The molecule has 1 aromatic carbocycles. The third-order valence-corrected chi connectivity index (χ3v) is 5.80. The van der Waals surface area contributed by atoms with Crippen LogP contribution in [0.3, 0.4) is 0 Å². The highest BCUT2D eigenvalue weighted by Gasteiger charge is 2.14. The van der Waals surface area contributed by atoms with Crippen molar-refractivity contribution in [2.75, 3.05) is 29.1 Å². The van der Waals surface area contributed by atoms with Crippen LogP contribution in [0.25, 0.3) is 10.9 Å². The molecule has 1 atom stereocenters. The van der Waals surface area contributed by atoms with Crippen LogP contribution < -0.4 is 5.32 Å². The monoisotopic (exact) mass is 277 g/mol. The molecule has 1 N–H and O–H groups in total. The molecule has 1 aliphatic rings. The van der Waals surface area contributed by atoms with Crippen molar-refractivity contribution >= 4 is 40.1 Å². The zero-order chi connectivity index (χ0) is 12.2. The number of nitrogens with one attached hydrogen (secondary N) is 1. The number of thioether (sulfide) groups is 2. The number of nitrogens with zero attached hydrogens (tertiary/aromatic N) is 2. The lowest BCUT2D eigenvalue weighted by Crippen LogP contribution is -2.23. The van der Waals surface area contributed by atoms with Gasteiger partial charge in [0, 0.05) is 34.4 Å². The van der Waals surface area contributed by atoms with Gasteiger partial charge in [0.05, 0.1) is 17.4 Å². The number of hydrogen-bond acceptors (Lipinski definition) is 5. The van der Waals surface area contributed by atoms with E-state index in [4.69, 9.17) is 0 Å². The molecule has 0 saturated carbocycles. The Balaban J connectivity index is 1.74. The van der Waals surface area contributed by atoms with E-state index in [1.165, 1.54) is 17.3 Å². The minimum absolute atomic E-state index is 0.704. The largest absolute Gasteiger partial charge is 0.382 e. The van der Waals surface area contributed by atoms with Crippen molar-refractivity contribution in [2.24, 2.45) is 0 Å². The highest BCUT2D eigenvalue weighted by molar-refractivity contribution is 8.06. The average Bonchev–Trinajstić information content (AvgIpc) is 2.46. The van der Waals surface area contributed by atoms with Crippen molar-refractivity contribution in [3.8, 4) is 0 Å². The van der Waals surface area contributed by atoms with Gasteiger partial charge in [-0.2, -0.15) is 33.7 Å². The first-order valence-electron chi connectivity index (χ1n) is 6.07. The zero-order valence-electron chi connectivity index (χ0n) is 10.0. The summed E-state index contributed by atoms with van der Waals surface area (Å²) in [6, 6.07) is 8.13. The smallest absolute Gasteiger partial charge is 0.0950 e. The summed E-state index contributed by atoms with van der Waals surface area (Å²) < 4.78 is 0. The quantitative estimate of drug-likeness (QED) is 0.934. The number of aromatic nitrogens is 2. The summed E-state index contributed by atoms with van der Waals surface area (Å²) >= 11 is 4.12. The zero-order valence-corrected chi connectivity index (χ0v) is 11.6. The molecule has 18 heavy (non-hydrogen) atoms. The summed E-state index contributed by atoms with van der Waals surface area (Å²) in [6.45, 7) is 1.01. The fourth-order valence-corrected chi connectivity index (χ4v) is 4.64. The predicted octanol–water partition coefficient (Wildman–Crippen LogP) is 2.89. The second kappa shape index (κ2) is 5.80. The van der Waals surface area contributed by atoms with E-state index in [1.54, 1.807) is 0 Å². The minimum Gasteiger partial charge on any atom is -0.382 e. The molecule has 5 heteroatoms. The van der Waals surface area contributed by atoms with Gasteiger partial charge in [-0.25, -0.2) is 0 Å². The van der Waals surface area contributed by atoms with Crippen molar-refractivity contribution < 1.29 is 0 Å². The Labute approximate surface area is 115 Å². The Morgan fingerprint density at radius 2 is 2.22 bits per heavy atom. The number of fused-ring (bicyclic) bond motifs is 1. The fourth-order valence-electron chi connectivity index (χ4n) is 2.03. The molecular formula is C13H15N3S2. The van der Waals surface area contributed by atoms with Crippen LogP contribution in [0, 0.1) is 0 Å². The maximum absolute atomic E-state index is 4.14. The molecule has 3 rings (SSSR count). The van der Waals surface area contributed by atoms with Crippen molar-refractivity contribution in [3.05, 3.63) is 30.5 Å². The van der Waals surface area contributed by atoms with Gasteiger partial charge in [0.1, 0.15) is 0 Å². The minimum atomic E-state index is 0.704. The van der Waals surface area contributed by atoms with E-state index < -0.39 is 0 Å². The highest BCUT2D eigenvalue weighted by atomic mass is 32.2. The predicted molar refractivity (Wildman–Crippen MR) is 81.6 cm³/mol. The molecule has 0 bridgehead atoms. The Bertz CT molecular complexity index is 521. The molecule has 0 amide bonds. The molecule has 1 unspecified atom stereocenters. The number of anilines is 1. The molecule has 3 nitrogen and oxygen atoms in total. The van der Waals surface area contributed by atoms with Crippen LogP contribution in [0.5, 0.6) is 0 Å². The Morgan fingerprint density at radius 3 is 3.11 bits per heavy atom. The summed E-state index contributed by atoms with van der Waals surface area (Å²) in [5.74, 6) is 3.81. The Kier molecular flexibility index (Phi) is 3.90. The van der Waals surface area contributed by atoms with Gasteiger partial charge in [-0.1, -0.05) is 18.2 Å². The van der Waals surface area contributed by atoms with E-state index in [1.807, 2.05) is 24.4 Å². The SMILES string of the molecule is c1ccc2c(NCC3CSCCS3)cnnc2c1. The molecule has 1 aliphatic heterocycles. The van der Waals surface area contributed by atoms with Crippen molar-refractivity contribution in [1.82, 2.24) is 10.2 Å². The molecule has 94 valence electrons. The van der Waals surface area contributed by atoms with E-state index in [0.29, 0.717) is 5.25 Å². The van der Waals surface area contributed by atoms with Gasteiger partial charge in [0.2, 0.25) is 0 Å². The topological polar surface area (TPSA) is 37.8 Å². The molecule has 0 spiro atoms. The van der Waals surface area contributed by atoms with Crippen molar-refractivity contribution in [2.45, 2.75) is 5.25 Å². The van der Waals surface area contributed by atoms with Gasteiger partial charge < -0.3 is 5.32 Å². The molecule has 0 aliphatic carbocycles. The van der Waals surface area contributed by atoms with Crippen LogP contribution in [-0.4, -0.2) is 39.3 Å². The molecular weight excluding hydrogens is 262 g/mol. The van der Waals surface area contributed by atoms with Crippen LogP contribution in [-0.2, 0) is 0 Å². The van der Waals surface area contributed by atoms with Gasteiger partial charge in [-0.15, -0.1) is 0 Å². The maximum atomic E-state index is 4.14. The number of benzene rings is 1. The van der Waals surface area contributed by atoms with Crippen LogP contribution in [0.1, 0.15) is 0 Å². The van der Waals surface area contributed by atoms with E-state index in [9.17, 15) is 0 Å². The number of hydrogen-bond donors (Lipinski definition) is 1. The van der Waals surface area contributed by atoms with Gasteiger partial charge in [0.25, 0.3) is 0 Å². The molecule has 1 saturated heterocycles. The number of rotatable bonds is 3. The van der Waals surface area contributed by atoms with Crippen molar-refractivity contribution in [3.63, 3.8) is 0 Å². The van der Waals surface area contributed by atoms with Crippen LogP contribution in [0.2, 0.25) is 0 Å². The second-order valence-corrected chi connectivity index (χ2v) is 6.78. The molecule has 0 radical (unpaired) electrons. The van der Waals surface area contributed by atoms with Crippen LogP contribution in [0.15, 0.2) is 30.5 Å². The summed E-state index contributed by atoms with van der Waals surface area (Å²) in [7, 11) is 0. The Morgan fingerprint density at radius 1 is 1.28 bits per heavy atom. The lowest BCUT2D eigenvalue weighted by Gasteiger charge is -2.21. The molecule has 1 aromatic heterocycles. The maximum Gasteiger partial charge on any atom is 0.0950 e. The molecule has 2 heterocycles. The van der Waals surface area contributed by atoms with Gasteiger partial charge in [-0.05, 0) is 6.07 Å². The first-order chi connectivity index (χ1) is 8.93. The van der Waals surface area contributed by atoms with E-state index in [0.717, 1.165) is 23.1 Å². The van der Waals surface area contributed by atoms with Gasteiger partial charge >= 0.3 is 0 Å². The van der Waals surface area contributed by atoms with E-state index in [2.05, 4.69) is 45.1 Å². The molecule has 1 fully saturated rings. The third-order valence-electron chi connectivity index (χ3n) is 2.95. The average molecular weight is 277 g/mol. The first kappa shape index (κ1) is 12.1. The standard InChI is InChI=1S/C13H15N3S2/c1-2-4-12-11(3-1)13(8-15-16-12)14-7-10-9-17-5-6-18-10/h1-4,8,10H,5-7,9H2,(H,14,16). The second-order valence-electron chi connectivity index (χ2n) is 4.22. The van der Waals surface area contributed by atoms with Gasteiger partial charge in [-0.3, -0.25) is 0 Å².